The molecule has 0 saturated carbocycles. The number of aromatic nitrogens is 3. The number of fused-ring (bicyclic) bond motifs is 1. The van der Waals surface area contributed by atoms with Gasteiger partial charge in [0.05, 0.1) is 18.9 Å². The van der Waals surface area contributed by atoms with Gasteiger partial charge < -0.3 is 4.74 Å². The molecule has 0 atom stereocenters. The summed E-state index contributed by atoms with van der Waals surface area (Å²) in [6.07, 6.45) is 0.316. The van der Waals surface area contributed by atoms with Gasteiger partial charge in [0.1, 0.15) is 11.4 Å². The van der Waals surface area contributed by atoms with E-state index in [0.717, 1.165) is 22.9 Å². The number of halogens is 3. The SMILES string of the molecule is COc1cc(C(F)(F)F)ccc1-c1nncc2cnccc12. The summed E-state index contributed by atoms with van der Waals surface area (Å²) in [6, 6.07) is 5.03. The number of benzene rings is 1. The molecule has 2 aromatic heterocycles. The summed E-state index contributed by atoms with van der Waals surface area (Å²) in [6.45, 7) is 0. The Hall–Kier alpha value is -2.70. The van der Waals surface area contributed by atoms with Gasteiger partial charge in [0.15, 0.2) is 0 Å². The third kappa shape index (κ3) is 2.45. The molecule has 0 aliphatic carbocycles. The maximum absolute atomic E-state index is 12.8. The van der Waals surface area contributed by atoms with Crippen molar-refractivity contribution in [1.82, 2.24) is 15.2 Å². The average molecular weight is 305 g/mol. The standard InChI is InChI=1S/C15H10F3N3O/c1-22-13-6-10(15(16,17)18)2-3-12(13)14-11-4-5-19-7-9(11)8-20-21-14/h2-8H,1H3. The van der Waals surface area contributed by atoms with Crippen LogP contribution in [-0.2, 0) is 6.18 Å². The fourth-order valence-electron chi connectivity index (χ4n) is 2.19. The smallest absolute Gasteiger partial charge is 0.416 e. The lowest BCUT2D eigenvalue weighted by Crippen LogP contribution is -2.05. The van der Waals surface area contributed by atoms with E-state index in [4.69, 9.17) is 4.74 Å². The Morgan fingerprint density at radius 3 is 2.64 bits per heavy atom. The second-order valence-electron chi connectivity index (χ2n) is 4.57. The Labute approximate surface area is 123 Å². The molecule has 2 heterocycles. The van der Waals surface area contributed by atoms with Crippen LogP contribution in [0.3, 0.4) is 0 Å². The van der Waals surface area contributed by atoms with Gasteiger partial charge in [-0.2, -0.15) is 18.3 Å². The van der Waals surface area contributed by atoms with Crippen molar-refractivity contribution in [1.29, 1.82) is 0 Å². The van der Waals surface area contributed by atoms with Crippen molar-refractivity contribution in [2.75, 3.05) is 7.11 Å². The Kier molecular flexibility index (Phi) is 3.40. The predicted molar refractivity (Wildman–Crippen MR) is 74.3 cm³/mol. The van der Waals surface area contributed by atoms with Crippen LogP contribution in [0.5, 0.6) is 5.75 Å². The van der Waals surface area contributed by atoms with Crippen LogP contribution in [-0.4, -0.2) is 22.3 Å². The first-order chi connectivity index (χ1) is 10.5. The second kappa shape index (κ2) is 5.25. The molecule has 0 spiro atoms. The fourth-order valence-corrected chi connectivity index (χ4v) is 2.19. The van der Waals surface area contributed by atoms with Crippen LogP contribution >= 0.6 is 0 Å². The van der Waals surface area contributed by atoms with E-state index >= 15 is 0 Å². The van der Waals surface area contributed by atoms with Crippen molar-refractivity contribution in [3.8, 4) is 17.0 Å². The van der Waals surface area contributed by atoms with E-state index in [1.54, 1.807) is 24.7 Å². The molecule has 3 aromatic rings. The third-order valence-corrected chi connectivity index (χ3v) is 3.25. The summed E-state index contributed by atoms with van der Waals surface area (Å²) in [7, 11) is 1.32. The predicted octanol–water partition coefficient (Wildman–Crippen LogP) is 3.72. The van der Waals surface area contributed by atoms with Crippen molar-refractivity contribution >= 4 is 10.8 Å². The van der Waals surface area contributed by atoms with Gasteiger partial charge in [0.2, 0.25) is 0 Å². The number of methoxy groups -OCH3 is 1. The highest BCUT2D eigenvalue weighted by atomic mass is 19.4. The average Bonchev–Trinajstić information content (AvgIpc) is 2.53. The summed E-state index contributed by atoms with van der Waals surface area (Å²) in [5, 5.41) is 9.39. The van der Waals surface area contributed by atoms with Crippen LogP contribution in [0.4, 0.5) is 13.2 Å². The van der Waals surface area contributed by atoms with E-state index in [2.05, 4.69) is 15.2 Å². The van der Waals surface area contributed by atoms with E-state index in [1.165, 1.54) is 13.2 Å². The summed E-state index contributed by atoms with van der Waals surface area (Å²) >= 11 is 0. The van der Waals surface area contributed by atoms with Gasteiger partial charge in [-0.25, -0.2) is 0 Å². The number of alkyl halides is 3. The monoisotopic (exact) mass is 305 g/mol. The lowest BCUT2D eigenvalue weighted by Gasteiger charge is -2.13. The molecule has 4 nitrogen and oxygen atoms in total. The fraction of sp³-hybridized carbons (Fsp3) is 0.133. The number of nitrogens with zero attached hydrogens (tertiary/aromatic N) is 3. The van der Waals surface area contributed by atoms with Gasteiger partial charge in [0.25, 0.3) is 0 Å². The molecule has 0 saturated heterocycles. The normalized spacial score (nSPS) is 11.6. The highest BCUT2D eigenvalue weighted by Crippen LogP contribution is 2.38. The lowest BCUT2D eigenvalue weighted by molar-refractivity contribution is -0.137. The Morgan fingerprint density at radius 2 is 1.91 bits per heavy atom. The first-order valence-corrected chi connectivity index (χ1v) is 6.31. The van der Waals surface area contributed by atoms with Crippen LogP contribution in [0.1, 0.15) is 5.56 Å². The van der Waals surface area contributed by atoms with Crippen molar-refractivity contribution in [3.05, 3.63) is 48.4 Å². The van der Waals surface area contributed by atoms with Gasteiger partial charge >= 0.3 is 6.18 Å². The molecule has 7 heteroatoms. The van der Waals surface area contributed by atoms with Crippen LogP contribution in [0, 0.1) is 0 Å². The molecule has 0 aliphatic rings. The summed E-state index contributed by atoms with van der Waals surface area (Å²) in [5.41, 5.74) is 0.119. The molecule has 0 bridgehead atoms. The molecule has 112 valence electrons. The van der Waals surface area contributed by atoms with E-state index < -0.39 is 11.7 Å². The van der Waals surface area contributed by atoms with Crippen LogP contribution in [0.2, 0.25) is 0 Å². The minimum absolute atomic E-state index is 0.0911. The van der Waals surface area contributed by atoms with E-state index in [9.17, 15) is 13.2 Å². The van der Waals surface area contributed by atoms with Crippen molar-refractivity contribution in [2.24, 2.45) is 0 Å². The Morgan fingerprint density at radius 1 is 1.09 bits per heavy atom. The topological polar surface area (TPSA) is 47.9 Å². The highest BCUT2D eigenvalue weighted by Gasteiger charge is 2.31. The molecule has 0 amide bonds. The minimum Gasteiger partial charge on any atom is -0.496 e. The number of hydrogen-bond donors (Lipinski definition) is 0. The zero-order valence-corrected chi connectivity index (χ0v) is 11.4. The van der Waals surface area contributed by atoms with Gasteiger partial charge in [-0.3, -0.25) is 4.98 Å². The van der Waals surface area contributed by atoms with Gasteiger partial charge in [-0.05, 0) is 24.3 Å². The zero-order valence-electron chi connectivity index (χ0n) is 11.4. The van der Waals surface area contributed by atoms with Gasteiger partial charge in [-0.15, -0.1) is 5.10 Å². The summed E-state index contributed by atoms with van der Waals surface area (Å²) in [4.78, 5) is 3.99. The molecule has 22 heavy (non-hydrogen) atoms. The second-order valence-corrected chi connectivity index (χ2v) is 4.57. The number of hydrogen-bond acceptors (Lipinski definition) is 4. The van der Waals surface area contributed by atoms with E-state index in [1.807, 2.05) is 0 Å². The maximum atomic E-state index is 12.8. The maximum Gasteiger partial charge on any atom is 0.416 e. The number of pyridine rings is 1. The molecule has 0 unspecified atom stereocenters. The lowest BCUT2D eigenvalue weighted by atomic mass is 10.0. The molecule has 0 fully saturated rings. The van der Waals surface area contributed by atoms with Crippen LogP contribution < -0.4 is 4.74 Å². The first kappa shape index (κ1) is 14.2. The quantitative estimate of drug-likeness (QED) is 0.724. The first-order valence-electron chi connectivity index (χ1n) is 6.31. The Bertz CT molecular complexity index is 828. The largest absolute Gasteiger partial charge is 0.496 e. The Balaban J connectivity index is 2.23. The van der Waals surface area contributed by atoms with Crippen molar-refractivity contribution < 1.29 is 17.9 Å². The number of ether oxygens (including phenoxy) is 1. The molecule has 0 radical (unpaired) electrons. The molecular formula is C15H10F3N3O. The van der Waals surface area contributed by atoms with E-state index in [0.29, 0.717) is 11.3 Å². The minimum atomic E-state index is -4.43. The molecule has 3 rings (SSSR count). The van der Waals surface area contributed by atoms with Crippen molar-refractivity contribution in [2.45, 2.75) is 6.18 Å². The molecule has 1 aromatic carbocycles. The van der Waals surface area contributed by atoms with Crippen molar-refractivity contribution in [3.63, 3.8) is 0 Å². The van der Waals surface area contributed by atoms with E-state index in [-0.39, 0.29) is 5.75 Å². The summed E-state index contributed by atoms with van der Waals surface area (Å²) in [5.74, 6) is 0.0911. The van der Waals surface area contributed by atoms with Gasteiger partial charge in [-0.1, -0.05) is 0 Å². The summed E-state index contributed by atoms with van der Waals surface area (Å²) < 4.78 is 43.5. The zero-order chi connectivity index (χ0) is 15.7. The number of rotatable bonds is 2. The molecular weight excluding hydrogens is 295 g/mol. The van der Waals surface area contributed by atoms with Crippen LogP contribution in [0.15, 0.2) is 42.9 Å². The third-order valence-electron chi connectivity index (χ3n) is 3.25. The van der Waals surface area contributed by atoms with Gasteiger partial charge in [0, 0.05) is 28.7 Å². The molecule has 0 aliphatic heterocycles. The van der Waals surface area contributed by atoms with Crippen LogP contribution in [0.25, 0.3) is 22.0 Å². The molecule has 0 N–H and O–H groups in total. The highest BCUT2D eigenvalue weighted by molar-refractivity contribution is 5.94.